The van der Waals surface area contributed by atoms with E-state index in [2.05, 4.69) is 0 Å². The molecular weight excluding hydrogens is 258 g/mol. The molecule has 0 aliphatic heterocycles. The van der Waals surface area contributed by atoms with Gasteiger partial charge in [0.25, 0.3) is 0 Å². The van der Waals surface area contributed by atoms with Gasteiger partial charge in [0.2, 0.25) is 0 Å². The lowest BCUT2D eigenvalue weighted by atomic mass is 10.0. The van der Waals surface area contributed by atoms with E-state index in [0.29, 0.717) is 12.3 Å². The Hall–Kier alpha value is -0.810. The van der Waals surface area contributed by atoms with E-state index in [1.54, 1.807) is 0 Å². The van der Waals surface area contributed by atoms with Crippen molar-refractivity contribution in [3.05, 3.63) is 34.9 Å². The molecule has 0 bridgehead atoms. The maximum atomic E-state index is 13.3. The molecule has 1 fully saturated rings. The number of nitrogens with two attached hydrogens (primary N) is 1. The van der Waals surface area contributed by atoms with Crippen molar-refractivity contribution in [1.82, 2.24) is 0 Å². The molecule has 1 aliphatic carbocycles. The molecule has 2 rings (SSSR count). The molecule has 0 amide bonds. The van der Waals surface area contributed by atoms with E-state index in [0.717, 1.165) is 12.8 Å². The van der Waals surface area contributed by atoms with Crippen LogP contribution in [0, 0.1) is 29.2 Å². The molecule has 0 spiro atoms. The van der Waals surface area contributed by atoms with Crippen molar-refractivity contribution in [2.24, 2.45) is 11.7 Å². The van der Waals surface area contributed by atoms with Crippen LogP contribution in [-0.2, 0) is 0 Å². The Morgan fingerprint density at radius 3 is 2.00 bits per heavy atom. The summed E-state index contributed by atoms with van der Waals surface area (Å²) in [6.07, 6.45) is 2.26. The summed E-state index contributed by atoms with van der Waals surface area (Å²) >= 11 is 0. The molecule has 0 unspecified atom stereocenters. The van der Waals surface area contributed by atoms with Crippen LogP contribution in [0.15, 0.2) is 6.07 Å². The van der Waals surface area contributed by atoms with Crippen molar-refractivity contribution in [2.45, 2.75) is 25.3 Å². The number of rotatable bonds is 3. The van der Waals surface area contributed by atoms with E-state index in [1.165, 1.54) is 0 Å². The summed E-state index contributed by atoms with van der Waals surface area (Å²) in [7, 11) is 0. The van der Waals surface area contributed by atoms with Gasteiger partial charge >= 0.3 is 0 Å². The molecule has 0 radical (unpaired) electrons. The van der Waals surface area contributed by atoms with Crippen LogP contribution in [0.25, 0.3) is 0 Å². The van der Waals surface area contributed by atoms with Crippen LogP contribution in [0.4, 0.5) is 17.6 Å². The van der Waals surface area contributed by atoms with Gasteiger partial charge in [-0.15, -0.1) is 12.4 Å². The third-order valence-corrected chi connectivity index (χ3v) is 2.80. The first-order valence-corrected chi connectivity index (χ1v) is 5.09. The van der Waals surface area contributed by atoms with Crippen LogP contribution in [0.2, 0.25) is 0 Å². The van der Waals surface area contributed by atoms with Gasteiger partial charge in [0.05, 0.1) is 0 Å². The maximum Gasteiger partial charge on any atom is 0.166 e. The van der Waals surface area contributed by atoms with E-state index in [1.807, 2.05) is 0 Å². The van der Waals surface area contributed by atoms with Gasteiger partial charge in [-0.1, -0.05) is 12.8 Å². The molecule has 1 aromatic rings. The quantitative estimate of drug-likeness (QED) is 0.660. The first kappa shape index (κ1) is 14.3. The fourth-order valence-electron chi connectivity index (χ4n) is 1.75. The lowest BCUT2D eigenvalue weighted by Gasteiger charge is -2.14. The van der Waals surface area contributed by atoms with Gasteiger partial charge < -0.3 is 5.73 Å². The molecule has 1 aliphatic rings. The highest BCUT2D eigenvalue weighted by Gasteiger charge is 2.29. The number of hydrogen-bond acceptors (Lipinski definition) is 1. The van der Waals surface area contributed by atoms with E-state index in [-0.39, 0.29) is 18.5 Å². The maximum absolute atomic E-state index is 13.3. The van der Waals surface area contributed by atoms with Gasteiger partial charge in [-0.2, -0.15) is 0 Å². The second-order valence-electron chi connectivity index (χ2n) is 4.17. The lowest BCUT2D eigenvalue weighted by molar-refractivity contribution is 0.418. The van der Waals surface area contributed by atoms with Crippen LogP contribution in [0.5, 0.6) is 0 Å². The minimum absolute atomic E-state index is 0. The minimum Gasteiger partial charge on any atom is -0.324 e. The summed E-state index contributed by atoms with van der Waals surface area (Å²) in [5.41, 5.74) is 4.89. The highest BCUT2D eigenvalue weighted by atomic mass is 35.5. The van der Waals surface area contributed by atoms with Crippen molar-refractivity contribution < 1.29 is 17.6 Å². The van der Waals surface area contributed by atoms with Crippen molar-refractivity contribution in [3.63, 3.8) is 0 Å². The Morgan fingerprint density at radius 2 is 1.59 bits per heavy atom. The average Bonchev–Trinajstić information content (AvgIpc) is 2.99. The summed E-state index contributed by atoms with van der Waals surface area (Å²) in [6.45, 7) is 0. The summed E-state index contributed by atoms with van der Waals surface area (Å²) in [5, 5.41) is 0. The van der Waals surface area contributed by atoms with Gasteiger partial charge in [-0.3, -0.25) is 0 Å². The second-order valence-corrected chi connectivity index (χ2v) is 4.17. The monoisotopic (exact) mass is 269 g/mol. The molecule has 1 aromatic carbocycles. The normalized spacial score (nSPS) is 16.5. The number of halogens is 5. The van der Waals surface area contributed by atoms with Gasteiger partial charge in [-0.05, 0) is 12.3 Å². The van der Waals surface area contributed by atoms with E-state index in [9.17, 15) is 17.6 Å². The molecule has 0 heterocycles. The molecule has 1 atom stereocenters. The van der Waals surface area contributed by atoms with Crippen molar-refractivity contribution in [3.8, 4) is 0 Å². The Labute approximate surface area is 102 Å². The fraction of sp³-hybridized carbons (Fsp3) is 0.455. The predicted octanol–water partition coefficient (Wildman–Crippen LogP) is 3.46. The molecule has 1 nitrogen and oxygen atoms in total. The average molecular weight is 270 g/mol. The minimum atomic E-state index is -1.40. The lowest BCUT2D eigenvalue weighted by Crippen LogP contribution is -2.17. The van der Waals surface area contributed by atoms with E-state index >= 15 is 0 Å². The van der Waals surface area contributed by atoms with Crippen LogP contribution < -0.4 is 5.73 Å². The summed E-state index contributed by atoms with van der Waals surface area (Å²) < 4.78 is 52.4. The predicted molar refractivity (Wildman–Crippen MR) is 57.8 cm³/mol. The number of benzene rings is 1. The van der Waals surface area contributed by atoms with Crippen LogP contribution in [-0.4, -0.2) is 0 Å². The first-order chi connectivity index (χ1) is 7.50. The summed E-state index contributed by atoms with van der Waals surface area (Å²) in [6, 6.07) is -0.796. The van der Waals surface area contributed by atoms with Crippen LogP contribution >= 0.6 is 12.4 Å². The van der Waals surface area contributed by atoms with Gasteiger partial charge in [0.1, 0.15) is 0 Å². The van der Waals surface area contributed by atoms with Gasteiger partial charge in [0, 0.05) is 17.7 Å². The smallest absolute Gasteiger partial charge is 0.166 e. The molecule has 1 saturated carbocycles. The summed E-state index contributed by atoms with van der Waals surface area (Å²) in [4.78, 5) is 0. The van der Waals surface area contributed by atoms with E-state index in [4.69, 9.17) is 5.73 Å². The second kappa shape index (κ2) is 5.23. The third kappa shape index (κ3) is 2.90. The summed E-state index contributed by atoms with van der Waals surface area (Å²) in [5.74, 6) is -5.25. The van der Waals surface area contributed by atoms with Gasteiger partial charge in [0.15, 0.2) is 23.3 Å². The standard InChI is InChI=1S/C11H11F4N.ClH/c12-6-4-7(13)11(15)9(10(6)14)8(16)3-5-1-2-5;/h4-5,8H,1-3,16H2;1H/t8-;/m0./s1. The molecule has 6 heteroatoms. The van der Waals surface area contributed by atoms with Crippen LogP contribution in [0.1, 0.15) is 30.9 Å². The fourth-order valence-corrected chi connectivity index (χ4v) is 1.75. The van der Waals surface area contributed by atoms with Crippen molar-refractivity contribution in [1.29, 1.82) is 0 Å². The highest BCUT2D eigenvalue weighted by Crippen LogP contribution is 2.38. The largest absolute Gasteiger partial charge is 0.324 e. The Kier molecular flexibility index (Phi) is 4.38. The van der Waals surface area contributed by atoms with Crippen molar-refractivity contribution >= 4 is 12.4 Å². The molecule has 96 valence electrons. The zero-order valence-electron chi connectivity index (χ0n) is 8.85. The zero-order chi connectivity index (χ0) is 11.9. The topological polar surface area (TPSA) is 26.0 Å². The Bertz CT molecular complexity index is 394. The molecule has 0 saturated heterocycles. The third-order valence-electron chi connectivity index (χ3n) is 2.80. The molecule has 2 N–H and O–H groups in total. The van der Waals surface area contributed by atoms with Gasteiger partial charge in [-0.25, -0.2) is 17.6 Å². The first-order valence-electron chi connectivity index (χ1n) is 5.09. The SMILES string of the molecule is Cl.N[C@@H](CC1CC1)c1c(F)c(F)cc(F)c1F. The highest BCUT2D eigenvalue weighted by molar-refractivity contribution is 5.85. The zero-order valence-corrected chi connectivity index (χ0v) is 9.67. The molecular formula is C11H12ClF4N. The van der Waals surface area contributed by atoms with Crippen molar-refractivity contribution in [2.75, 3.05) is 0 Å². The van der Waals surface area contributed by atoms with E-state index < -0.39 is 34.9 Å². The number of hydrogen-bond donors (Lipinski definition) is 1. The Morgan fingerprint density at radius 1 is 1.12 bits per heavy atom. The van der Waals surface area contributed by atoms with Crippen LogP contribution in [0.3, 0.4) is 0 Å². The molecule has 17 heavy (non-hydrogen) atoms. The Balaban J connectivity index is 0.00000144. The molecule has 0 aromatic heterocycles.